The largest absolute Gasteiger partial charge is 0.391 e. The van der Waals surface area contributed by atoms with Crippen LogP contribution < -0.4 is 10.6 Å². The summed E-state index contributed by atoms with van der Waals surface area (Å²) in [4.78, 5) is 6.48. The summed E-state index contributed by atoms with van der Waals surface area (Å²) in [6, 6.07) is 4.15. The first-order valence-electron chi connectivity index (χ1n) is 6.72. The zero-order valence-electron chi connectivity index (χ0n) is 11.2. The number of nitrogens with two attached hydrogens (primary N) is 1. The van der Waals surface area contributed by atoms with E-state index in [0.717, 1.165) is 30.6 Å². The second-order valence-electron chi connectivity index (χ2n) is 5.27. The molecule has 0 saturated heterocycles. The van der Waals surface area contributed by atoms with Crippen LogP contribution in [-0.2, 0) is 0 Å². The summed E-state index contributed by atoms with van der Waals surface area (Å²) in [5.74, 6) is 0.899. The van der Waals surface area contributed by atoms with Crippen molar-refractivity contribution in [3.63, 3.8) is 0 Å². The van der Waals surface area contributed by atoms with Gasteiger partial charge in [0.25, 0.3) is 0 Å². The second-order valence-corrected chi connectivity index (χ2v) is 5.27. The number of likely N-dealkylation sites (N-methyl/N-ethyl adjacent to an activating group) is 1. The number of hydrogen-bond donors (Lipinski definition) is 2. The standard InChI is InChI=1S/C14H23N3O/c1-10(15)11-7-8-16-14(9-11)17(2)12-5-3-4-6-13(12)18/h7-10,12-13,18H,3-6,15H2,1-2H3/t10-,12?,13?/m0/s1. The maximum atomic E-state index is 10.1. The summed E-state index contributed by atoms with van der Waals surface area (Å²) in [6.07, 6.45) is 5.77. The van der Waals surface area contributed by atoms with Gasteiger partial charge >= 0.3 is 0 Å². The molecule has 0 spiro atoms. The molecule has 0 bridgehead atoms. The van der Waals surface area contributed by atoms with Crippen LogP contribution in [-0.4, -0.2) is 29.3 Å². The minimum atomic E-state index is -0.246. The predicted molar refractivity (Wildman–Crippen MR) is 73.5 cm³/mol. The summed E-state index contributed by atoms with van der Waals surface area (Å²) in [6.45, 7) is 1.97. The molecular formula is C14H23N3O. The highest BCUT2D eigenvalue weighted by atomic mass is 16.3. The maximum absolute atomic E-state index is 10.1. The molecule has 1 aromatic heterocycles. The molecular weight excluding hydrogens is 226 g/mol. The van der Waals surface area contributed by atoms with E-state index >= 15 is 0 Å². The highest BCUT2D eigenvalue weighted by molar-refractivity contribution is 5.42. The zero-order valence-corrected chi connectivity index (χ0v) is 11.2. The van der Waals surface area contributed by atoms with E-state index in [4.69, 9.17) is 5.73 Å². The number of hydrogen-bond acceptors (Lipinski definition) is 4. The average Bonchev–Trinajstić information content (AvgIpc) is 2.38. The van der Waals surface area contributed by atoms with Crippen molar-refractivity contribution in [2.45, 2.75) is 50.8 Å². The summed E-state index contributed by atoms with van der Waals surface area (Å²) >= 11 is 0. The Kier molecular flexibility index (Phi) is 4.19. The van der Waals surface area contributed by atoms with E-state index in [2.05, 4.69) is 9.88 Å². The van der Waals surface area contributed by atoms with Crippen molar-refractivity contribution in [1.29, 1.82) is 0 Å². The van der Waals surface area contributed by atoms with E-state index < -0.39 is 0 Å². The van der Waals surface area contributed by atoms with Gasteiger partial charge in [0.05, 0.1) is 12.1 Å². The van der Waals surface area contributed by atoms with E-state index in [9.17, 15) is 5.11 Å². The third-order valence-electron chi connectivity index (χ3n) is 3.85. The van der Waals surface area contributed by atoms with Gasteiger partial charge in [0, 0.05) is 19.3 Å². The number of aliphatic hydroxyl groups excluding tert-OH is 1. The fourth-order valence-electron chi connectivity index (χ4n) is 2.62. The van der Waals surface area contributed by atoms with Crippen molar-refractivity contribution < 1.29 is 5.11 Å². The molecule has 0 amide bonds. The van der Waals surface area contributed by atoms with E-state index in [1.807, 2.05) is 26.1 Å². The Hall–Kier alpha value is -1.13. The molecule has 0 radical (unpaired) electrons. The highest BCUT2D eigenvalue weighted by Gasteiger charge is 2.27. The number of aliphatic hydroxyl groups is 1. The fraction of sp³-hybridized carbons (Fsp3) is 0.643. The van der Waals surface area contributed by atoms with Crippen molar-refractivity contribution in [3.05, 3.63) is 23.9 Å². The Bertz CT molecular complexity index is 394. The molecule has 0 aromatic carbocycles. The molecule has 0 aliphatic heterocycles. The van der Waals surface area contributed by atoms with Gasteiger partial charge in [0.15, 0.2) is 0 Å². The summed E-state index contributed by atoms with van der Waals surface area (Å²) in [7, 11) is 2.01. The molecule has 18 heavy (non-hydrogen) atoms. The van der Waals surface area contributed by atoms with E-state index in [1.54, 1.807) is 6.20 Å². The Morgan fingerprint density at radius 2 is 2.17 bits per heavy atom. The first-order chi connectivity index (χ1) is 8.59. The van der Waals surface area contributed by atoms with Gasteiger partial charge in [0.1, 0.15) is 5.82 Å². The molecule has 2 unspecified atom stereocenters. The van der Waals surface area contributed by atoms with Crippen LogP contribution in [0.2, 0.25) is 0 Å². The molecule has 4 heteroatoms. The van der Waals surface area contributed by atoms with Crippen LogP contribution in [0, 0.1) is 0 Å². The molecule has 1 saturated carbocycles. The fourth-order valence-corrected chi connectivity index (χ4v) is 2.62. The first kappa shape index (κ1) is 13.3. The Morgan fingerprint density at radius 1 is 1.44 bits per heavy atom. The van der Waals surface area contributed by atoms with Crippen molar-refractivity contribution in [2.75, 3.05) is 11.9 Å². The van der Waals surface area contributed by atoms with E-state index in [0.29, 0.717) is 0 Å². The third-order valence-corrected chi connectivity index (χ3v) is 3.85. The minimum Gasteiger partial charge on any atom is -0.391 e. The minimum absolute atomic E-state index is 0.0106. The van der Waals surface area contributed by atoms with Crippen LogP contribution >= 0.6 is 0 Å². The van der Waals surface area contributed by atoms with Crippen LogP contribution in [0.15, 0.2) is 18.3 Å². The van der Waals surface area contributed by atoms with Crippen LogP contribution in [0.1, 0.15) is 44.2 Å². The molecule has 1 aliphatic rings. The number of nitrogens with zero attached hydrogens (tertiary/aromatic N) is 2. The van der Waals surface area contributed by atoms with Gasteiger partial charge in [0.2, 0.25) is 0 Å². The Morgan fingerprint density at radius 3 is 2.83 bits per heavy atom. The topological polar surface area (TPSA) is 62.4 Å². The van der Waals surface area contributed by atoms with Gasteiger partial charge in [-0.3, -0.25) is 0 Å². The van der Waals surface area contributed by atoms with Crippen molar-refractivity contribution in [3.8, 4) is 0 Å². The first-order valence-corrected chi connectivity index (χ1v) is 6.72. The summed E-state index contributed by atoms with van der Waals surface area (Å²) in [5, 5.41) is 10.1. The van der Waals surface area contributed by atoms with Gasteiger partial charge in [-0.15, -0.1) is 0 Å². The molecule has 4 nitrogen and oxygen atoms in total. The SMILES string of the molecule is C[C@H](N)c1ccnc(N(C)C2CCCCC2O)c1. The third kappa shape index (κ3) is 2.82. The number of rotatable bonds is 3. The second kappa shape index (κ2) is 5.67. The van der Waals surface area contributed by atoms with Gasteiger partial charge in [-0.05, 0) is 37.5 Å². The van der Waals surface area contributed by atoms with Gasteiger partial charge in [-0.2, -0.15) is 0 Å². The monoisotopic (exact) mass is 249 g/mol. The molecule has 1 fully saturated rings. The van der Waals surface area contributed by atoms with Crippen molar-refractivity contribution in [2.24, 2.45) is 5.73 Å². The lowest BCUT2D eigenvalue weighted by Gasteiger charge is -2.36. The number of pyridine rings is 1. The van der Waals surface area contributed by atoms with Gasteiger partial charge in [-0.25, -0.2) is 4.98 Å². The molecule has 3 atom stereocenters. The number of aromatic nitrogens is 1. The lowest BCUT2D eigenvalue weighted by atomic mass is 9.91. The van der Waals surface area contributed by atoms with Crippen LogP contribution in [0.3, 0.4) is 0 Å². The lowest BCUT2D eigenvalue weighted by Crippen LogP contribution is -2.43. The molecule has 100 valence electrons. The summed E-state index contributed by atoms with van der Waals surface area (Å²) in [5.41, 5.74) is 6.97. The smallest absolute Gasteiger partial charge is 0.128 e. The van der Waals surface area contributed by atoms with E-state index in [1.165, 1.54) is 6.42 Å². The van der Waals surface area contributed by atoms with Crippen LogP contribution in [0.25, 0.3) is 0 Å². The van der Waals surface area contributed by atoms with Crippen LogP contribution in [0.5, 0.6) is 0 Å². The Labute approximate surface area is 109 Å². The molecule has 1 aromatic rings. The van der Waals surface area contributed by atoms with Gasteiger partial charge < -0.3 is 15.7 Å². The summed E-state index contributed by atoms with van der Waals surface area (Å²) < 4.78 is 0. The molecule has 2 rings (SSSR count). The quantitative estimate of drug-likeness (QED) is 0.858. The predicted octanol–water partition coefficient (Wildman–Crippen LogP) is 1.84. The van der Waals surface area contributed by atoms with Gasteiger partial charge in [-0.1, -0.05) is 12.8 Å². The van der Waals surface area contributed by atoms with E-state index in [-0.39, 0.29) is 18.2 Å². The normalized spacial score (nSPS) is 25.8. The molecule has 1 aliphatic carbocycles. The molecule has 1 heterocycles. The maximum Gasteiger partial charge on any atom is 0.128 e. The van der Waals surface area contributed by atoms with Crippen LogP contribution in [0.4, 0.5) is 5.82 Å². The van der Waals surface area contributed by atoms with Crippen molar-refractivity contribution >= 4 is 5.82 Å². The lowest BCUT2D eigenvalue weighted by molar-refractivity contribution is 0.106. The number of anilines is 1. The average molecular weight is 249 g/mol. The zero-order chi connectivity index (χ0) is 13.1. The molecule has 3 N–H and O–H groups in total. The van der Waals surface area contributed by atoms with Crippen molar-refractivity contribution in [1.82, 2.24) is 4.98 Å². The Balaban J connectivity index is 2.16. The highest BCUT2D eigenvalue weighted by Crippen LogP contribution is 2.26.